The van der Waals surface area contributed by atoms with Crippen LogP contribution < -0.4 is 10.6 Å². The van der Waals surface area contributed by atoms with Crippen LogP contribution in [0.2, 0.25) is 0 Å². The van der Waals surface area contributed by atoms with Crippen molar-refractivity contribution in [2.75, 3.05) is 6.54 Å². The predicted octanol–water partition coefficient (Wildman–Crippen LogP) is -0.0635. The Morgan fingerprint density at radius 1 is 1.56 bits per heavy atom. The van der Waals surface area contributed by atoms with E-state index in [4.69, 9.17) is 0 Å². The van der Waals surface area contributed by atoms with Gasteiger partial charge in [-0.15, -0.1) is 5.10 Å². The maximum Gasteiger partial charge on any atom is 0.291 e. The fourth-order valence-corrected chi connectivity index (χ4v) is 1.76. The van der Waals surface area contributed by atoms with Gasteiger partial charge in [-0.05, 0) is 6.42 Å². The van der Waals surface area contributed by atoms with E-state index in [9.17, 15) is 9.59 Å². The molecule has 2 rings (SSSR count). The fraction of sp³-hybridized carbons (Fsp3) is 0.636. The first-order valence-corrected chi connectivity index (χ1v) is 6.06. The van der Waals surface area contributed by atoms with Crippen LogP contribution in [0.4, 0.5) is 0 Å². The van der Waals surface area contributed by atoms with Gasteiger partial charge in [-0.3, -0.25) is 14.7 Å². The Labute approximate surface area is 105 Å². The molecule has 1 saturated heterocycles. The number of hydrogen-bond donors (Lipinski definition) is 3. The third kappa shape index (κ3) is 2.85. The van der Waals surface area contributed by atoms with Crippen LogP contribution >= 0.6 is 0 Å². The molecule has 1 atom stereocenters. The minimum absolute atomic E-state index is 0.0185. The van der Waals surface area contributed by atoms with E-state index in [-0.39, 0.29) is 29.6 Å². The van der Waals surface area contributed by atoms with Gasteiger partial charge in [0.1, 0.15) is 5.82 Å². The molecule has 98 valence electrons. The molecule has 0 bridgehead atoms. The van der Waals surface area contributed by atoms with Crippen molar-refractivity contribution in [1.29, 1.82) is 0 Å². The zero-order chi connectivity index (χ0) is 13.1. The zero-order valence-electron chi connectivity index (χ0n) is 10.5. The van der Waals surface area contributed by atoms with Crippen LogP contribution in [0, 0.1) is 0 Å². The molecule has 1 aliphatic rings. The normalized spacial score (nSPS) is 19.1. The summed E-state index contributed by atoms with van der Waals surface area (Å²) in [5, 5.41) is 12.1. The van der Waals surface area contributed by atoms with Gasteiger partial charge in [0.15, 0.2) is 0 Å². The zero-order valence-corrected chi connectivity index (χ0v) is 10.5. The summed E-state index contributed by atoms with van der Waals surface area (Å²) in [4.78, 5) is 26.8. The highest BCUT2D eigenvalue weighted by Crippen LogP contribution is 2.08. The number of hydrogen-bond acceptors (Lipinski definition) is 4. The summed E-state index contributed by atoms with van der Waals surface area (Å²) in [7, 11) is 0. The van der Waals surface area contributed by atoms with Crippen molar-refractivity contribution in [3.63, 3.8) is 0 Å². The molecule has 1 aromatic rings. The molecular weight excluding hydrogens is 234 g/mol. The van der Waals surface area contributed by atoms with Crippen molar-refractivity contribution >= 4 is 11.8 Å². The molecule has 1 fully saturated rings. The second-order valence-corrected chi connectivity index (χ2v) is 4.71. The van der Waals surface area contributed by atoms with Gasteiger partial charge < -0.3 is 10.6 Å². The summed E-state index contributed by atoms with van der Waals surface area (Å²) in [5.74, 6) is 0.749. The Morgan fingerprint density at radius 2 is 2.33 bits per heavy atom. The molecule has 1 aliphatic heterocycles. The minimum Gasteiger partial charge on any atom is -0.352 e. The van der Waals surface area contributed by atoms with Crippen molar-refractivity contribution in [1.82, 2.24) is 25.8 Å². The molecule has 7 nitrogen and oxygen atoms in total. The molecule has 7 heteroatoms. The summed E-state index contributed by atoms with van der Waals surface area (Å²) in [6.07, 6.45) is 1.28. The van der Waals surface area contributed by atoms with Crippen LogP contribution in [0.25, 0.3) is 0 Å². The van der Waals surface area contributed by atoms with Crippen LogP contribution in [0.5, 0.6) is 0 Å². The lowest BCUT2D eigenvalue weighted by Crippen LogP contribution is -2.38. The van der Waals surface area contributed by atoms with E-state index in [0.29, 0.717) is 18.8 Å². The van der Waals surface area contributed by atoms with Gasteiger partial charge in [0.25, 0.3) is 5.91 Å². The number of amides is 2. The van der Waals surface area contributed by atoms with Gasteiger partial charge in [-0.1, -0.05) is 13.8 Å². The SMILES string of the molecule is CC(C)c1nc(C(=O)NCC2CCC(=O)N2)n[nH]1. The second-order valence-electron chi connectivity index (χ2n) is 4.71. The second kappa shape index (κ2) is 5.16. The average molecular weight is 251 g/mol. The van der Waals surface area contributed by atoms with Gasteiger partial charge in [0.2, 0.25) is 11.7 Å². The molecule has 18 heavy (non-hydrogen) atoms. The summed E-state index contributed by atoms with van der Waals surface area (Å²) in [6, 6.07) is 0.0185. The molecule has 2 heterocycles. The number of nitrogens with one attached hydrogen (secondary N) is 3. The van der Waals surface area contributed by atoms with E-state index in [1.807, 2.05) is 13.8 Å². The molecule has 2 amide bonds. The van der Waals surface area contributed by atoms with Gasteiger partial charge in [-0.2, -0.15) is 0 Å². The minimum atomic E-state index is -0.320. The van der Waals surface area contributed by atoms with Crippen molar-refractivity contribution < 1.29 is 9.59 Å². The highest BCUT2D eigenvalue weighted by molar-refractivity contribution is 5.90. The van der Waals surface area contributed by atoms with Gasteiger partial charge >= 0.3 is 0 Å². The predicted molar refractivity (Wildman–Crippen MR) is 64.0 cm³/mol. The maximum atomic E-state index is 11.8. The molecule has 3 N–H and O–H groups in total. The average Bonchev–Trinajstić information content (AvgIpc) is 2.94. The van der Waals surface area contributed by atoms with E-state index in [0.717, 1.165) is 6.42 Å². The monoisotopic (exact) mass is 251 g/mol. The first-order chi connectivity index (χ1) is 8.56. The molecule has 1 unspecified atom stereocenters. The standard InChI is InChI=1S/C11H17N5O2/c1-6(2)9-14-10(16-15-9)11(18)12-5-7-3-4-8(17)13-7/h6-7H,3-5H2,1-2H3,(H,12,18)(H,13,17)(H,14,15,16). The van der Waals surface area contributed by atoms with Crippen LogP contribution in [0.1, 0.15) is 49.1 Å². The number of rotatable bonds is 4. The summed E-state index contributed by atoms with van der Waals surface area (Å²) in [6.45, 7) is 4.35. The molecule has 0 aliphatic carbocycles. The number of aromatic nitrogens is 3. The number of aromatic amines is 1. The molecule has 0 aromatic carbocycles. The smallest absolute Gasteiger partial charge is 0.291 e. The Bertz CT molecular complexity index is 454. The molecular formula is C11H17N5O2. The summed E-state index contributed by atoms with van der Waals surface area (Å²) >= 11 is 0. The highest BCUT2D eigenvalue weighted by atomic mass is 16.2. The van der Waals surface area contributed by atoms with Crippen molar-refractivity contribution in [3.05, 3.63) is 11.6 Å². The summed E-state index contributed by atoms with van der Waals surface area (Å²) < 4.78 is 0. The lowest BCUT2D eigenvalue weighted by molar-refractivity contribution is -0.119. The molecule has 0 saturated carbocycles. The first-order valence-electron chi connectivity index (χ1n) is 6.06. The quantitative estimate of drug-likeness (QED) is 0.697. The van der Waals surface area contributed by atoms with Gasteiger partial charge in [0.05, 0.1) is 0 Å². The third-order valence-electron chi connectivity index (χ3n) is 2.85. The van der Waals surface area contributed by atoms with Crippen LogP contribution in [0.15, 0.2) is 0 Å². The first kappa shape index (κ1) is 12.5. The highest BCUT2D eigenvalue weighted by Gasteiger charge is 2.22. The number of H-pyrrole nitrogens is 1. The van der Waals surface area contributed by atoms with Crippen LogP contribution in [-0.4, -0.2) is 39.6 Å². The van der Waals surface area contributed by atoms with Crippen molar-refractivity contribution in [2.45, 2.75) is 38.6 Å². The number of carbonyl (C=O) groups excluding carboxylic acids is 2. The maximum absolute atomic E-state index is 11.8. The van der Waals surface area contributed by atoms with E-state index >= 15 is 0 Å². The largest absolute Gasteiger partial charge is 0.352 e. The summed E-state index contributed by atoms with van der Waals surface area (Å²) in [5.41, 5.74) is 0. The van der Waals surface area contributed by atoms with E-state index in [1.165, 1.54) is 0 Å². The Hall–Kier alpha value is -1.92. The topological polar surface area (TPSA) is 99.8 Å². The molecule has 0 spiro atoms. The molecule has 1 aromatic heterocycles. The number of nitrogens with zero attached hydrogens (tertiary/aromatic N) is 2. The van der Waals surface area contributed by atoms with Crippen LogP contribution in [0.3, 0.4) is 0 Å². The third-order valence-corrected chi connectivity index (χ3v) is 2.85. The fourth-order valence-electron chi connectivity index (χ4n) is 1.76. The molecule has 0 radical (unpaired) electrons. The Morgan fingerprint density at radius 3 is 2.89 bits per heavy atom. The van der Waals surface area contributed by atoms with Crippen molar-refractivity contribution in [2.24, 2.45) is 0 Å². The van der Waals surface area contributed by atoms with Crippen molar-refractivity contribution in [3.8, 4) is 0 Å². The van der Waals surface area contributed by atoms with Crippen LogP contribution in [-0.2, 0) is 4.79 Å². The Kier molecular flexibility index (Phi) is 3.59. The van der Waals surface area contributed by atoms with E-state index < -0.39 is 0 Å². The Balaban J connectivity index is 1.85. The lowest BCUT2D eigenvalue weighted by atomic mass is 10.2. The lowest BCUT2D eigenvalue weighted by Gasteiger charge is -2.09. The number of carbonyl (C=O) groups is 2. The van der Waals surface area contributed by atoms with Gasteiger partial charge in [0, 0.05) is 24.9 Å². The van der Waals surface area contributed by atoms with Gasteiger partial charge in [-0.25, -0.2) is 4.98 Å². The van der Waals surface area contributed by atoms with E-state index in [2.05, 4.69) is 25.8 Å². The van der Waals surface area contributed by atoms with E-state index in [1.54, 1.807) is 0 Å².